The van der Waals surface area contributed by atoms with Gasteiger partial charge in [0, 0.05) is 5.92 Å². The minimum absolute atomic E-state index is 0.179. The topological polar surface area (TPSA) is 17.1 Å². The Morgan fingerprint density at radius 1 is 1.23 bits per heavy atom. The average Bonchev–Trinajstić information content (AvgIpc) is 2.10. The smallest absolute Gasteiger partial charge is 0.132 e. The number of unbranched alkanes of at least 4 members (excludes halogenated alkanes) is 1. The van der Waals surface area contributed by atoms with Crippen LogP contribution in [0.4, 0.5) is 0 Å². The Morgan fingerprint density at radius 3 is 2.38 bits per heavy atom. The predicted octanol–water partition coefficient (Wildman–Crippen LogP) is 3.51. The predicted molar refractivity (Wildman–Crippen MR) is 57.7 cm³/mol. The quantitative estimate of drug-likeness (QED) is 0.451. The summed E-state index contributed by atoms with van der Waals surface area (Å²) >= 11 is 0. The second kappa shape index (κ2) is 7.78. The van der Waals surface area contributed by atoms with Gasteiger partial charge in [-0.2, -0.15) is 0 Å². The number of rotatable bonds is 6. The van der Waals surface area contributed by atoms with Gasteiger partial charge in [-0.3, -0.25) is 4.79 Å². The summed E-state index contributed by atoms with van der Waals surface area (Å²) in [5.74, 6) is 0.455. The van der Waals surface area contributed by atoms with Gasteiger partial charge in [0.05, 0.1) is 0 Å². The number of allylic oxidation sites excluding steroid dienone is 4. The highest BCUT2D eigenvalue weighted by molar-refractivity contribution is 5.77. The zero-order chi connectivity index (χ0) is 10.1. The molecule has 0 aromatic rings. The number of carbonyl (C=O) groups is 1. The third kappa shape index (κ3) is 7.51. The Hall–Kier alpha value is -0.850. The van der Waals surface area contributed by atoms with E-state index >= 15 is 0 Å². The van der Waals surface area contributed by atoms with E-state index in [1.807, 2.05) is 13.8 Å². The van der Waals surface area contributed by atoms with Crippen LogP contribution in [0.25, 0.3) is 0 Å². The summed E-state index contributed by atoms with van der Waals surface area (Å²) in [6.07, 6.45) is 11.5. The van der Waals surface area contributed by atoms with Crippen molar-refractivity contribution < 1.29 is 4.79 Å². The van der Waals surface area contributed by atoms with E-state index in [1.165, 1.54) is 0 Å². The molecule has 0 fully saturated rings. The van der Waals surface area contributed by atoms with E-state index in [4.69, 9.17) is 0 Å². The standard InChI is InChI=1S/C12H20O/c1-4-5-6-7-8-9-10-11(2)12(3)13/h4-5,8-9,11H,6-7,10H2,1-3H3. The molecular formula is C12H20O. The molecule has 0 radical (unpaired) electrons. The molecule has 0 bridgehead atoms. The van der Waals surface area contributed by atoms with E-state index in [9.17, 15) is 4.79 Å². The zero-order valence-electron chi connectivity index (χ0n) is 8.92. The lowest BCUT2D eigenvalue weighted by molar-refractivity contribution is -0.120. The van der Waals surface area contributed by atoms with Gasteiger partial charge in [0.25, 0.3) is 0 Å². The molecule has 74 valence electrons. The first-order chi connectivity index (χ1) is 6.18. The second-order valence-electron chi connectivity index (χ2n) is 3.37. The number of hydrogen-bond acceptors (Lipinski definition) is 1. The van der Waals surface area contributed by atoms with E-state index in [0.717, 1.165) is 19.3 Å². The molecular weight excluding hydrogens is 160 g/mol. The molecule has 0 aliphatic carbocycles. The largest absolute Gasteiger partial charge is 0.300 e. The Balaban J connectivity index is 3.46. The number of hydrogen-bond donors (Lipinski definition) is 0. The molecule has 0 N–H and O–H groups in total. The van der Waals surface area contributed by atoms with Crippen molar-refractivity contribution in [2.24, 2.45) is 5.92 Å². The van der Waals surface area contributed by atoms with Crippen molar-refractivity contribution in [2.45, 2.75) is 40.0 Å². The molecule has 0 spiro atoms. The Morgan fingerprint density at radius 2 is 1.85 bits per heavy atom. The molecule has 0 aliphatic rings. The summed E-state index contributed by atoms with van der Waals surface area (Å²) in [6.45, 7) is 5.65. The fourth-order valence-corrected chi connectivity index (χ4v) is 0.943. The summed E-state index contributed by atoms with van der Waals surface area (Å²) in [6, 6.07) is 0. The molecule has 0 saturated heterocycles. The minimum atomic E-state index is 0.179. The normalized spacial score (nSPS) is 14.1. The van der Waals surface area contributed by atoms with Crippen LogP contribution in [0, 0.1) is 5.92 Å². The van der Waals surface area contributed by atoms with E-state index in [0.29, 0.717) is 0 Å². The maximum absolute atomic E-state index is 10.9. The molecule has 13 heavy (non-hydrogen) atoms. The van der Waals surface area contributed by atoms with Gasteiger partial charge < -0.3 is 0 Å². The Labute approximate surface area is 81.5 Å². The molecule has 1 heteroatoms. The van der Waals surface area contributed by atoms with Gasteiger partial charge >= 0.3 is 0 Å². The molecule has 0 heterocycles. The molecule has 0 saturated carbocycles. The van der Waals surface area contributed by atoms with Crippen molar-refractivity contribution in [3.63, 3.8) is 0 Å². The molecule has 0 aromatic carbocycles. The van der Waals surface area contributed by atoms with Crippen LogP contribution < -0.4 is 0 Å². The molecule has 1 nitrogen and oxygen atoms in total. The lowest BCUT2D eigenvalue weighted by Crippen LogP contribution is -2.03. The molecule has 1 atom stereocenters. The summed E-state index contributed by atoms with van der Waals surface area (Å²) in [5.41, 5.74) is 0. The van der Waals surface area contributed by atoms with Gasteiger partial charge in [0.15, 0.2) is 0 Å². The second-order valence-corrected chi connectivity index (χ2v) is 3.37. The molecule has 1 unspecified atom stereocenters. The van der Waals surface area contributed by atoms with Crippen LogP contribution in [-0.2, 0) is 4.79 Å². The van der Waals surface area contributed by atoms with Crippen molar-refractivity contribution >= 4 is 5.78 Å². The highest BCUT2D eigenvalue weighted by atomic mass is 16.1. The average molecular weight is 180 g/mol. The number of carbonyl (C=O) groups excluding carboxylic acids is 1. The number of ketones is 1. The third-order valence-electron chi connectivity index (χ3n) is 2.09. The fourth-order valence-electron chi connectivity index (χ4n) is 0.943. The summed E-state index contributed by atoms with van der Waals surface area (Å²) in [5, 5.41) is 0. The third-order valence-corrected chi connectivity index (χ3v) is 2.09. The van der Waals surface area contributed by atoms with Crippen molar-refractivity contribution in [2.75, 3.05) is 0 Å². The van der Waals surface area contributed by atoms with E-state index in [1.54, 1.807) is 6.92 Å². The van der Waals surface area contributed by atoms with Crippen molar-refractivity contribution in [3.8, 4) is 0 Å². The molecule has 0 rings (SSSR count). The van der Waals surface area contributed by atoms with Crippen LogP contribution in [-0.4, -0.2) is 5.78 Å². The van der Waals surface area contributed by atoms with Crippen LogP contribution in [0.2, 0.25) is 0 Å². The minimum Gasteiger partial charge on any atom is -0.300 e. The highest BCUT2D eigenvalue weighted by Crippen LogP contribution is 2.04. The monoisotopic (exact) mass is 180 g/mol. The Kier molecular flexibility index (Phi) is 7.27. The SMILES string of the molecule is CC=CCCC=CCC(C)C(C)=O. The first kappa shape index (κ1) is 12.2. The number of Topliss-reactive ketones (excluding diaryl/α,β-unsaturated/α-hetero) is 1. The maximum Gasteiger partial charge on any atom is 0.132 e. The maximum atomic E-state index is 10.9. The molecule has 0 amide bonds. The van der Waals surface area contributed by atoms with E-state index in [2.05, 4.69) is 24.3 Å². The van der Waals surface area contributed by atoms with Gasteiger partial charge in [-0.15, -0.1) is 0 Å². The van der Waals surface area contributed by atoms with Gasteiger partial charge in [-0.25, -0.2) is 0 Å². The summed E-state index contributed by atoms with van der Waals surface area (Å²) < 4.78 is 0. The van der Waals surface area contributed by atoms with Crippen LogP contribution in [0.5, 0.6) is 0 Å². The van der Waals surface area contributed by atoms with Gasteiger partial charge in [0.1, 0.15) is 5.78 Å². The summed E-state index contributed by atoms with van der Waals surface area (Å²) in [7, 11) is 0. The van der Waals surface area contributed by atoms with E-state index < -0.39 is 0 Å². The van der Waals surface area contributed by atoms with Gasteiger partial charge in [-0.05, 0) is 33.1 Å². The van der Waals surface area contributed by atoms with Gasteiger partial charge in [0.2, 0.25) is 0 Å². The summed E-state index contributed by atoms with van der Waals surface area (Å²) in [4.78, 5) is 10.9. The van der Waals surface area contributed by atoms with Crippen molar-refractivity contribution in [1.82, 2.24) is 0 Å². The first-order valence-electron chi connectivity index (χ1n) is 4.95. The lowest BCUT2D eigenvalue weighted by atomic mass is 10.0. The molecule has 0 aromatic heterocycles. The highest BCUT2D eigenvalue weighted by Gasteiger charge is 2.03. The molecule has 0 aliphatic heterocycles. The van der Waals surface area contributed by atoms with Crippen LogP contribution in [0.1, 0.15) is 40.0 Å². The van der Waals surface area contributed by atoms with Crippen molar-refractivity contribution in [3.05, 3.63) is 24.3 Å². The van der Waals surface area contributed by atoms with Crippen LogP contribution in [0.15, 0.2) is 24.3 Å². The lowest BCUT2D eigenvalue weighted by Gasteiger charge is -2.01. The zero-order valence-corrected chi connectivity index (χ0v) is 8.92. The fraction of sp³-hybridized carbons (Fsp3) is 0.583. The van der Waals surface area contributed by atoms with E-state index in [-0.39, 0.29) is 11.7 Å². The van der Waals surface area contributed by atoms with Crippen LogP contribution in [0.3, 0.4) is 0 Å². The Bertz CT molecular complexity index is 189. The van der Waals surface area contributed by atoms with Gasteiger partial charge in [-0.1, -0.05) is 31.2 Å². The first-order valence-corrected chi connectivity index (χ1v) is 4.95. The van der Waals surface area contributed by atoms with Crippen LogP contribution >= 0.6 is 0 Å². The van der Waals surface area contributed by atoms with Crippen molar-refractivity contribution in [1.29, 1.82) is 0 Å².